The first-order chi connectivity index (χ1) is 11.2. The molecule has 0 aromatic carbocycles. The van der Waals surface area contributed by atoms with Gasteiger partial charge in [0.2, 0.25) is 5.95 Å². The molecule has 1 atom stereocenters. The zero-order valence-corrected chi connectivity index (χ0v) is 14.8. The van der Waals surface area contributed by atoms with Crippen LogP contribution in [-0.4, -0.2) is 76.8 Å². The van der Waals surface area contributed by atoms with Crippen molar-refractivity contribution in [3.05, 3.63) is 11.4 Å². The lowest BCUT2D eigenvalue weighted by Gasteiger charge is -2.37. The third-order valence-electron chi connectivity index (χ3n) is 5.31. The van der Waals surface area contributed by atoms with Gasteiger partial charge in [0.15, 0.2) is 0 Å². The molecule has 23 heavy (non-hydrogen) atoms. The second kappa shape index (κ2) is 7.53. The van der Waals surface area contributed by atoms with Gasteiger partial charge in [0, 0.05) is 45.3 Å². The Hall–Kier alpha value is -1.27. The van der Waals surface area contributed by atoms with E-state index in [9.17, 15) is 0 Å². The standard InChI is InChI=1S/C17H30N6/c1-4-15-16(5-2)19-20-17(18-15)23-8-7-14(13-23)22-11-9-21(6-3)10-12-22/h14H,4-13H2,1-3H3. The zero-order valence-electron chi connectivity index (χ0n) is 14.8. The van der Waals surface area contributed by atoms with Gasteiger partial charge in [-0.3, -0.25) is 4.90 Å². The Kier molecular flexibility index (Phi) is 5.43. The van der Waals surface area contributed by atoms with Gasteiger partial charge in [0.25, 0.3) is 0 Å². The van der Waals surface area contributed by atoms with E-state index >= 15 is 0 Å². The van der Waals surface area contributed by atoms with Crippen LogP contribution in [0.25, 0.3) is 0 Å². The average molecular weight is 318 g/mol. The molecule has 0 spiro atoms. The van der Waals surface area contributed by atoms with Crippen molar-refractivity contribution < 1.29 is 0 Å². The van der Waals surface area contributed by atoms with E-state index in [2.05, 4.69) is 45.7 Å². The Balaban J connectivity index is 1.61. The molecule has 0 amide bonds. The number of piperazine rings is 1. The number of rotatable bonds is 5. The van der Waals surface area contributed by atoms with Crippen LogP contribution in [0.4, 0.5) is 5.95 Å². The fraction of sp³-hybridized carbons (Fsp3) is 0.824. The smallest absolute Gasteiger partial charge is 0.245 e. The van der Waals surface area contributed by atoms with Gasteiger partial charge in [-0.1, -0.05) is 20.8 Å². The van der Waals surface area contributed by atoms with Gasteiger partial charge in [-0.05, 0) is 25.8 Å². The highest BCUT2D eigenvalue weighted by Crippen LogP contribution is 2.21. The predicted molar refractivity (Wildman–Crippen MR) is 92.9 cm³/mol. The van der Waals surface area contributed by atoms with Crippen LogP contribution in [-0.2, 0) is 12.8 Å². The quantitative estimate of drug-likeness (QED) is 0.813. The van der Waals surface area contributed by atoms with Crippen LogP contribution in [0.3, 0.4) is 0 Å². The van der Waals surface area contributed by atoms with Crippen LogP contribution in [0.15, 0.2) is 0 Å². The van der Waals surface area contributed by atoms with Gasteiger partial charge in [-0.25, -0.2) is 4.98 Å². The predicted octanol–water partition coefficient (Wildman–Crippen LogP) is 1.21. The highest BCUT2D eigenvalue weighted by atomic mass is 15.4. The summed E-state index contributed by atoms with van der Waals surface area (Å²) in [5.41, 5.74) is 2.15. The molecule has 6 heteroatoms. The van der Waals surface area contributed by atoms with Crippen LogP contribution in [0, 0.1) is 0 Å². The first-order valence-electron chi connectivity index (χ1n) is 9.18. The maximum absolute atomic E-state index is 4.77. The number of nitrogens with zero attached hydrogens (tertiary/aromatic N) is 6. The highest BCUT2D eigenvalue weighted by molar-refractivity contribution is 5.32. The summed E-state index contributed by atoms with van der Waals surface area (Å²) in [5.74, 6) is 0.828. The summed E-state index contributed by atoms with van der Waals surface area (Å²) in [4.78, 5) is 12.3. The maximum Gasteiger partial charge on any atom is 0.245 e. The molecule has 1 unspecified atom stereocenters. The van der Waals surface area contributed by atoms with Gasteiger partial charge in [0.1, 0.15) is 0 Å². The third kappa shape index (κ3) is 3.63. The lowest BCUT2D eigenvalue weighted by Crippen LogP contribution is -2.50. The van der Waals surface area contributed by atoms with Gasteiger partial charge in [-0.15, -0.1) is 5.10 Å². The Morgan fingerprint density at radius 2 is 1.65 bits per heavy atom. The van der Waals surface area contributed by atoms with Crippen molar-refractivity contribution in [2.75, 3.05) is 50.7 Å². The zero-order chi connectivity index (χ0) is 16.2. The molecule has 0 radical (unpaired) electrons. The molecule has 3 heterocycles. The summed E-state index contributed by atoms with van der Waals surface area (Å²) in [6.07, 6.45) is 3.06. The van der Waals surface area contributed by atoms with Crippen molar-refractivity contribution in [1.29, 1.82) is 0 Å². The average Bonchev–Trinajstić information content (AvgIpc) is 3.11. The molecular weight excluding hydrogens is 288 g/mol. The van der Waals surface area contributed by atoms with Crippen LogP contribution in [0.5, 0.6) is 0 Å². The Morgan fingerprint density at radius 3 is 2.30 bits per heavy atom. The second-order valence-electron chi connectivity index (χ2n) is 6.57. The summed E-state index contributed by atoms with van der Waals surface area (Å²) in [7, 11) is 0. The molecule has 2 aliphatic heterocycles. The van der Waals surface area contributed by atoms with Crippen LogP contribution < -0.4 is 4.90 Å². The molecule has 128 valence electrons. The molecule has 0 aliphatic carbocycles. The van der Waals surface area contributed by atoms with Gasteiger partial charge in [-0.2, -0.15) is 5.10 Å². The molecule has 2 aliphatic rings. The summed E-state index contributed by atoms with van der Waals surface area (Å²) in [5, 5.41) is 8.78. The molecule has 1 aromatic rings. The van der Waals surface area contributed by atoms with Crippen molar-refractivity contribution in [3.8, 4) is 0 Å². The molecule has 2 saturated heterocycles. The van der Waals surface area contributed by atoms with E-state index in [1.807, 2.05) is 0 Å². The van der Waals surface area contributed by atoms with Crippen molar-refractivity contribution in [3.63, 3.8) is 0 Å². The van der Waals surface area contributed by atoms with Crippen molar-refractivity contribution >= 4 is 5.95 Å². The lowest BCUT2D eigenvalue weighted by molar-refractivity contribution is 0.107. The van der Waals surface area contributed by atoms with E-state index in [1.54, 1.807) is 0 Å². The van der Waals surface area contributed by atoms with Crippen molar-refractivity contribution in [1.82, 2.24) is 25.0 Å². The summed E-state index contributed by atoms with van der Waals surface area (Å²) >= 11 is 0. The minimum absolute atomic E-state index is 0.647. The number of hydrogen-bond acceptors (Lipinski definition) is 6. The largest absolute Gasteiger partial charge is 0.338 e. The molecule has 2 fully saturated rings. The Morgan fingerprint density at radius 1 is 0.913 bits per heavy atom. The van der Waals surface area contributed by atoms with E-state index < -0.39 is 0 Å². The van der Waals surface area contributed by atoms with Gasteiger partial charge in [0.05, 0.1) is 11.4 Å². The summed E-state index contributed by atoms with van der Waals surface area (Å²) in [6, 6.07) is 0.647. The van der Waals surface area contributed by atoms with Crippen LogP contribution in [0.2, 0.25) is 0 Å². The lowest BCUT2D eigenvalue weighted by atomic mass is 10.2. The first kappa shape index (κ1) is 16.6. The topological polar surface area (TPSA) is 48.4 Å². The number of hydrogen-bond donors (Lipinski definition) is 0. The van der Waals surface area contributed by atoms with Crippen molar-refractivity contribution in [2.24, 2.45) is 0 Å². The number of aryl methyl sites for hydroxylation is 2. The monoisotopic (exact) mass is 318 g/mol. The number of anilines is 1. The summed E-state index contributed by atoms with van der Waals surface area (Å²) < 4.78 is 0. The van der Waals surface area contributed by atoms with Crippen LogP contribution >= 0.6 is 0 Å². The fourth-order valence-corrected chi connectivity index (χ4v) is 3.73. The van der Waals surface area contributed by atoms with Crippen molar-refractivity contribution in [2.45, 2.75) is 46.1 Å². The Bertz CT molecular complexity index is 512. The van der Waals surface area contributed by atoms with E-state index in [-0.39, 0.29) is 0 Å². The van der Waals surface area contributed by atoms with E-state index in [0.29, 0.717) is 6.04 Å². The Labute approximate surface area is 139 Å². The summed E-state index contributed by atoms with van der Waals surface area (Å²) in [6.45, 7) is 14.6. The molecule has 1 aromatic heterocycles. The minimum atomic E-state index is 0.647. The second-order valence-corrected chi connectivity index (χ2v) is 6.57. The minimum Gasteiger partial charge on any atom is -0.338 e. The van der Waals surface area contributed by atoms with Crippen LogP contribution in [0.1, 0.15) is 38.6 Å². The van der Waals surface area contributed by atoms with Gasteiger partial charge >= 0.3 is 0 Å². The third-order valence-corrected chi connectivity index (χ3v) is 5.31. The maximum atomic E-state index is 4.77. The molecule has 0 saturated carbocycles. The number of aromatic nitrogens is 3. The molecule has 0 bridgehead atoms. The SMILES string of the molecule is CCc1nnc(N2CCC(N3CCN(CC)CC3)C2)nc1CC. The first-order valence-corrected chi connectivity index (χ1v) is 9.18. The fourth-order valence-electron chi connectivity index (χ4n) is 3.73. The van der Waals surface area contributed by atoms with E-state index in [4.69, 9.17) is 4.98 Å². The molecule has 0 N–H and O–H groups in total. The van der Waals surface area contributed by atoms with Gasteiger partial charge < -0.3 is 9.80 Å². The molecule has 3 rings (SSSR count). The molecule has 6 nitrogen and oxygen atoms in total. The van der Waals surface area contributed by atoms with E-state index in [0.717, 1.165) is 43.3 Å². The molecular formula is C17H30N6. The number of likely N-dealkylation sites (N-methyl/N-ethyl adjacent to an activating group) is 1. The normalized spacial score (nSPS) is 23.6. The van der Waals surface area contributed by atoms with E-state index in [1.165, 1.54) is 39.1 Å². The highest BCUT2D eigenvalue weighted by Gasteiger charge is 2.31.